The molecule has 0 saturated carbocycles. The third kappa shape index (κ3) is 7.30. The topological polar surface area (TPSA) is 52.6 Å². The highest BCUT2D eigenvalue weighted by Crippen LogP contribution is 1.85. The van der Waals surface area contributed by atoms with Crippen molar-refractivity contribution in [3.8, 4) is 0 Å². The molecule has 1 fully saturated rings. The normalized spacial score (nSPS) is 16.9. The maximum absolute atomic E-state index is 8.12. The number of carbonyl (C=O) groups excluding carboxylic acids is 2. The van der Waals surface area contributed by atoms with E-state index in [9.17, 15) is 0 Å². The highest BCUT2D eigenvalue weighted by Gasteiger charge is 1.94. The molecule has 1 heterocycles. The molecule has 4 heteroatoms. The van der Waals surface area contributed by atoms with Gasteiger partial charge in [-0.15, -0.1) is 0 Å². The molecule has 0 spiro atoms. The highest BCUT2D eigenvalue weighted by molar-refractivity contribution is 5.20. The van der Waals surface area contributed by atoms with E-state index < -0.39 is 0 Å². The summed E-state index contributed by atoms with van der Waals surface area (Å²) in [6, 6.07) is 0. The van der Waals surface area contributed by atoms with Crippen LogP contribution in [0.4, 0.5) is 0 Å². The van der Waals surface area contributed by atoms with Crippen LogP contribution in [-0.2, 0) is 19.1 Å². The molecule has 0 aromatic rings. The second-order valence-corrected chi connectivity index (χ2v) is 1.31. The zero-order valence-corrected chi connectivity index (χ0v) is 4.96. The molecule has 0 aliphatic carbocycles. The zero-order valence-electron chi connectivity index (χ0n) is 4.96. The van der Waals surface area contributed by atoms with Crippen molar-refractivity contribution >= 4 is 6.15 Å². The lowest BCUT2D eigenvalue weighted by molar-refractivity contribution is -0.191. The van der Waals surface area contributed by atoms with Crippen molar-refractivity contribution in [1.29, 1.82) is 0 Å². The number of hydrogen-bond acceptors (Lipinski definition) is 4. The molecule has 1 saturated heterocycles. The fourth-order valence-electron chi connectivity index (χ4n) is 0.440. The van der Waals surface area contributed by atoms with Crippen LogP contribution in [0.15, 0.2) is 0 Å². The lowest BCUT2D eigenvalue weighted by Gasteiger charge is -2.09. The van der Waals surface area contributed by atoms with Gasteiger partial charge in [-0.3, -0.25) is 0 Å². The minimum absolute atomic E-state index is 0.250. The third-order valence-corrected chi connectivity index (χ3v) is 0.744. The van der Waals surface area contributed by atoms with Gasteiger partial charge in [0.2, 0.25) is 0 Å². The summed E-state index contributed by atoms with van der Waals surface area (Å²) >= 11 is 0. The molecule has 0 N–H and O–H groups in total. The van der Waals surface area contributed by atoms with Crippen molar-refractivity contribution in [3.63, 3.8) is 0 Å². The second-order valence-electron chi connectivity index (χ2n) is 1.31. The SMILES string of the molecule is C1COCCO1.O=C=O. The van der Waals surface area contributed by atoms with Crippen molar-refractivity contribution in [2.75, 3.05) is 26.4 Å². The predicted octanol–water partition coefficient (Wildman–Crippen LogP) is -0.550. The van der Waals surface area contributed by atoms with Crippen LogP contribution in [-0.4, -0.2) is 32.6 Å². The van der Waals surface area contributed by atoms with Gasteiger partial charge >= 0.3 is 6.15 Å². The van der Waals surface area contributed by atoms with Gasteiger partial charge in [0.25, 0.3) is 0 Å². The summed E-state index contributed by atoms with van der Waals surface area (Å²) in [6.45, 7) is 3.11. The maximum atomic E-state index is 8.12. The predicted molar refractivity (Wildman–Crippen MR) is 26.6 cm³/mol. The van der Waals surface area contributed by atoms with E-state index in [1.54, 1.807) is 0 Å². The van der Waals surface area contributed by atoms with Gasteiger partial charge in [-0.1, -0.05) is 0 Å². The Morgan fingerprint density at radius 2 is 1.11 bits per heavy atom. The van der Waals surface area contributed by atoms with Gasteiger partial charge in [-0.2, -0.15) is 9.59 Å². The number of hydrogen-bond donors (Lipinski definition) is 0. The molecular weight excluding hydrogens is 124 g/mol. The molecule has 0 aromatic carbocycles. The zero-order chi connectivity index (χ0) is 6.95. The Labute approximate surface area is 52.7 Å². The summed E-state index contributed by atoms with van der Waals surface area (Å²) in [5.41, 5.74) is 0. The van der Waals surface area contributed by atoms with E-state index in [0.29, 0.717) is 0 Å². The Balaban J connectivity index is 0.000000187. The summed E-state index contributed by atoms with van der Waals surface area (Å²) in [4.78, 5) is 16.2. The van der Waals surface area contributed by atoms with Crippen LogP contribution in [0.1, 0.15) is 0 Å². The summed E-state index contributed by atoms with van der Waals surface area (Å²) < 4.78 is 9.89. The second kappa shape index (κ2) is 7.30. The molecule has 0 amide bonds. The average Bonchev–Trinajstić information content (AvgIpc) is 1.93. The molecule has 1 rings (SSSR count). The molecule has 0 bridgehead atoms. The van der Waals surface area contributed by atoms with E-state index in [1.807, 2.05) is 0 Å². The van der Waals surface area contributed by atoms with Crippen LogP contribution in [0.3, 0.4) is 0 Å². The van der Waals surface area contributed by atoms with Crippen LogP contribution in [0.25, 0.3) is 0 Å². The molecule has 0 unspecified atom stereocenters. The van der Waals surface area contributed by atoms with Crippen molar-refractivity contribution in [3.05, 3.63) is 0 Å². The summed E-state index contributed by atoms with van der Waals surface area (Å²) in [5.74, 6) is 0. The van der Waals surface area contributed by atoms with Gasteiger partial charge < -0.3 is 9.47 Å². The molecule has 0 radical (unpaired) electrons. The first-order valence-corrected chi connectivity index (χ1v) is 2.56. The smallest absolute Gasteiger partial charge is 0.373 e. The van der Waals surface area contributed by atoms with Crippen LogP contribution in [0.2, 0.25) is 0 Å². The summed E-state index contributed by atoms with van der Waals surface area (Å²) in [5, 5.41) is 0. The van der Waals surface area contributed by atoms with Gasteiger partial charge in [-0.25, -0.2) is 0 Å². The van der Waals surface area contributed by atoms with Crippen LogP contribution in [0, 0.1) is 0 Å². The van der Waals surface area contributed by atoms with Gasteiger partial charge in [0, 0.05) is 0 Å². The molecule has 1 aliphatic rings. The van der Waals surface area contributed by atoms with Crippen molar-refractivity contribution < 1.29 is 19.1 Å². The third-order valence-electron chi connectivity index (χ3n) is 0.744. The fraction of sp³-hybridized carbons (Fsp3) is 0.800. The van der Waals surface area contributed by atoms with E-state index in [0.717, 1.165) is 26.4 Å². The van der Waals surface area contributed by atoms with Crippen molar-refractivity contribution in [1.82, 2.24) is 0 Å². The molecule has 9 heavy (non-hydrogen) atoms. The minimum atomic E-state index is 0.250. The van der Waals surface area contributed by atoms with Crippen LogP contribution < -0.4 is 0 Å². The number of rotatable bonds is 0. The molecule has 0 atom stereocenters. The average molecular weight is 132 g/mol. The Kier molecular flexibility index (Phi) is 6.73. The Morgan fingerprint density at radius 1 is 0.889 bits per heavy atom. The standard InChI is InChI=1S/C4H8O2.CO2/c1-2-6-4-3-5-1;2-1-3/h1-4H2;. The monoisotopic (exact) mass is 132 g/mol. The lowest BCUT2D eigenvalue weighted by Crippen LogP contribution is -2.16. The Morgan fingerprint density at radius 3 is 1.22 bits per heavy atom. The summed E-state index contributed by atoms with van der Waals surface area (Å²) in [6.07, 6.45) is 0.250. The van der Waals surface area contributed by atoms with E-state index in [1.165, 1.54) is 0 Å². The first kappa shape index (κ1) is 8.30. The molecule has 1 aliphatic heterocycles. The van der Waals surface area contributed by atoms with Gasteiger partial charge in [0.15, 0.2) is 0 Å². The van der Waals surface area contributed by atoms with E-state index in [2.05, 4.69) is 0 Å². The Hall–Kier alpha value is -0.700. The maximum Gasteiger partial charge on any atom is 0.373 e. The van der Waals surface area contributed by atoms with E-state index in [-0.39, 0.29) is 6.15 Å². The quantitative estimate of drug-likeness (QED) is 0.443. The van der Waals surface area contributed by atoms with Crippen LogP contribution >= 0.6 is 0 Å². The summed E-state index contributed by atoms with van der Waals surface area (Å²) in [7, 11) is 0. The van der Waals surface area contributed by atoms with Gasteiger partial charge in [0.05, 0.1) is 26.4 Å². The largest absolute Gasteiger partial charge is 0.377 e. The van der Waals surface area contributed by atoms with Crippen molar-refractivity contribution in [2.24, 2.45) is 0 Å². The Bertz CT molecular complexity index is 69.4. The molecule has 0 aromatic heterocycles. The minimum Gasteiger partial charge on any atom is -0.377 e. The first-order chi connectivity index (χ1) is 4.41. The number of ether oxygens (including phenoxy) is 2. The van der Waals surface area contributed by atoms with Gasteiger partial charge in [0.1, 0.15) is 0 Å². The highest BCUT2D eigenvalue weighted by atomic mass is 16.6. The molecular formula is C5H8O4. The fourth-order valence-corrected chi connectivity index (χ4v) is 0.440. The van der Waals surface area contributed by atoms with Crippen LogP contribution in [0.5, 0.6) is 0 Å². The molecule has 4 nitrogen and oxygen atoms in total. The molecule has 52 valence electrons. The van der Waals surface area contributed by atoms with E-state index >= 15 is 0 Å². The first-order valence-electron chi connectivity index (χ1n) is 2.56. The van der Waals surface area contributed by atoms with E-state index in [4.69, 9.17) is 19.1 Å². The van der Waals surface area contributed by atoms with Crippen molar-refractivity contribution in [2.45, 2.75) is 0 Å². The van der Waals surface area contributed by atoms with Gasteiger partial charge in [-0.05, 0) is 0 Å². The lowest BCUT2D eigenvalue weighted by atomic mass is 10.6.